The zero-order valence-corrected chi connectivity index (χ0v) is 14.5. The molecule has 1 atom stereocenters. The number of rotatable bonds is 9. The molecule has 0 aromatic rings. The van der Waals surface area contributed by atoms with Gasteiger partial charge < -0.3 is 26.2 Å². The van der Waals surface area contributed by atoms with Crippen LogP contribution in [0.25, 0.3) is 0 Å². The van der Waals surface area contributed by atoms with Crippen LogP contribution in [-0.2, 0) is 9.53 Å². The Morgan fingerprint density at radius 1 is 1.30 bits per heavy atom. The Kier molecular flexibility index (Phi) is 9.76. The monoisotopic (exact) mass is 330 g/mol. The van der Waals surface area contributed by atoms with E-state index in [0.717, 1.165) is 19.4 Å². The molecule has 0 heterocycles. The minimum atomic E-state index is -1.10. The maximum absolute atomic E-state index is 11.6. The molecule has 0 rings (SSSR count). The molecule has 0 aliphatic rings. The lowest BCUT2D eigenvalue weighted by atomic mass is 10.1. The zero-order valence-electron chi connectivity index (χ0n) is 14.5. The van der Waals surface area contributed by atoms with E-state index in [9.17, 15) is 9.59 Å². The molecule has 0 unspecified atom stereocenters. The largest absolute Gasteiger partial charge is 0.480 e. The van der Waals surface area contributed by atoms with Gasteiger partial charge in [0.15, 0.2) is 5.96 Å². The third-order valence-corrected chi connectivity index (χ3v) is 2.76. The van der Waals surface area contributed by atoms with Crippen LogP contribution < -0.4 is 16.4 Å². The highest BCUT2D eigenvalue weighted by Crippen LogP contribution is 2.07. The molecule has 8 heteroatoms. The maximum atomic E-state index is 11.6. The Hall–Kier alpha value is -1.99. The number of unbranched alkanes of at least 4 members (excludes halogenated alkanes) is 1. The van der Waals surface area contributed by atoms with Crippen molar-refractivity contribution in [1.82, 2.24) is 10.6 Å². The Morgan fingerprint density at radius 2 is 1.96 bits per heavy atom. The lowest BCUT2D eigenvalue weighted by Crippen LogP contribution is -2.43. The summed E-state index contributed by atoms with van der Waals surface area (Å²) in [5, 5.41) is 14.5. The highest BCUT2D eigenvalue weighted by Gasteiger charge is 2.23. The Balaban J connectivity index is 4.17. The van der Waals surface area contributed by atoms with Gasteiger partial charge in [0.2, 0.25) is 0 Å². The van der Waals surface area contributed by atoms with Crippen molar-refractivity contribution in [3.8, 4) is 0 Å². The topological polar surface area (TPSA) is 126 Å². The lowest BCUT2D eigenvalue weighted by Gasteiger charge is -2.21. The number of carbonyl (C=O) groups excluding carboxylic acids is 1. The molecule has 1 amide bonds. The number of guanidine groups is 1. The highest BCUT2D eigenvalue weighted by molar-refractivity contribution is 5.80. The Bertz CT molecular complexity index is 405. The SMILES string of the molecule is CCCCNC(N)=NCCC[C@@H](NC(=O)OC(C)(C)C)C(=O)O. The number of ether oxygens (including phenoxy) is 1. The number of carboxylic acids is 1. The number of amides is 1. The molecule has 0 radical (unpaired) electrons. The fourth-order valence-electron chi connectivity index (χ4n) is 1.65. The number of aliphatic imine (C=N–C) groups is 1. The van der Waals surface area contributed by atoms with Gasteiger partial charge in [-0.1, -0.05) is 13.3 Å². The molecule has 0 saturated carbocycles. The van der Waals surface area contributed by atoms with Crippen molar-refractivity contribution < 1.29 is 19.4 Å². The molecule has 0 saturated heterocycles. The predicted octanol–water partition coefficient (Wildman–Crippen LogP) is 1.45. The summed E-state index contributed by atoms with van der Waals surface area (Å²) in [6, 6.07) is -1.01. The first-order valence-corrected chi connectivity index (χ1v) is 7.91. The summed E-state index contributed by atoms with van der Waals surface area (Å²) in [5.41, 5.74) is 5.00. The van der Waals surface area contributed by atoms with E-state index in [1.54, 1.807) is 20.8 Å². The van der Waals surface area contributed by atoms with Gasteiger partial charge in [-0.25, -0.2) is 9.59 Å². The van der Waals surface area contributed by atoms with Crippen LogP contribution in [0.4, 0.5) is 4.79 Å². The van der Waals surface area contributed by atoms with Crippen molar-refractivity contribution in [2.24, 2.45) is 10.7 Å². The lowest BCUT2D eigenvalue weighted by molar-refractivity contribution is -0.139. The standard InChI is InChI=1S/C15H30N4O4/c1-5-6-9-17-13(16)18-10-7-8-11(12(20)21)19-14(22)23-15(2,3)4/h11H,5-10H2,1-4H3,(H,19,22)(H,20,21)(H3,16,17,18)/t11-/m1/s1. The number of hydrogen-bond donors (Lipinski definition) is 4. The first-order valence-electron chi connectivity index (χ1n) is 7.91. The Morgan fingerprint density at radius 3 is 2.48 bits per heavy atom. The van der Waals surface area contributed by atoms with Gasteiger partial charge in [0.1, 0.15) is 11.6 Å². The van der Waals surface area contributed by atoms with Crippen LogP contribution in [0.2, 0.25) is 0 Å². The van der Waals surface area contributed by atoms with Gasteiger partial charge >= 0.3 is 12.1 Å². The van der Waals surface area contributed by atoms with Crippen molar-refractivity contribution in [3.63, 3.8) is 0 Å². The van der Waals surface area contributed by atoms with Crippen molar-refractivity contribution in [1.29, 1.82) is 0 Å². The van der Waals surface area contributed by atoms with Gasteiger partial charge in [0.25, 0.3) is 0 Å². The summed E-state index contributed by atoms with van der Waals surface area (Å²) in [7, 11) is 0. The van der Waals surface area contributed by atoms with Crippen LogP contribution in [0.5, 0.6) is 0 Å². The van der Waals surface area contributed by atoms with Gasteiger partial charge in [-0.05, 0) is 40.0 Å². The van der Waals surface area contributed by atoms with Crippen LogP contribution in [0.1, 0.15) is 53.4 Å². The number of nitrogens with one attached hydrogen (secondary N) is 2. The van der Waals surface area contributed by atoms with Crippen LogP contribution in [0, 0.1) is 0 Å². The number of carboxylic acid groups (broad SMARTS) is 1. The molecular weight excluding hydrogens is 300 g/mol. The highest BCUT2D eigenvalue weighted by atomic mass is 16.6. The average Bonchev–Trinajstić information content (AvgIpc) is 2.40. The molecule has 0 aliphatic carbocycles. The predicted molar refractivity (Wildman–Crippen MR) is 89.4 cm³/mol. The number of nitrogens with zero attached hydrogens (tertiary/aromatic N) is 1. The van der Waals surface area contributed by atoms with E-state index in [-0.39, 0.29) is 6.42 Å². The molecular formula is C15H30N4O4. The summed E-state index contributed by atoms with van der Waals surface area (Å²) in [4.78, 5) is 26.9. The second kappa shape index (κ2) is 10.7. The number of nitrogens with two attached hydrogens (primary N) is 1. The number of alkyl carbamates (subject to hydrolysis) is 1. The van der Waals surface area contributed by atoms with Gasteiger partial charge in [-0.3, -0.25) is 4.99 Å². The summed E-state index contributed by atoms with van der Waals surface area (Å²) in [6.07, 6.45) is 2.08. The third-order valence-electron chi connectivity index (χ3n) is 2.76. The van der Waals surface area contributed by atoms with Gasteiger partial charge in [-0.2, -0.15) is 0 Å². The second-order valence-corrected chi connectivity index (χ2v) is 6.23. The first-order chi connectivity index (χ1) is 10.7. The zero-order chi connectivity index (χ0) is 17.9. The molecule has 0 aromatic heterocycles. The number of hydrogen-bond acceptors (Lipinski definition) is 4. The van der Waals surface area contributed by atoms with E-state index < -0.39 is 23.7 Å². The molecule has 0 spiro atoms. The molecule has 134 valence electrons. The van der Waals surface area contributed by atoms with Crippen LogP contribution in [-0.4, -0.2) is 47.9 Å². The van der Waals surface area contributed by atoms with Crippen molar-refractivity contribution in [2.75, 3.05) is 13.1 Å². The maximum Gasteiger partial charge on any atom is 0.408 e. The summed E-state index contributed by atoms with van der Waals surface area (Å²) < 4.78 is 5.05. The van der Waals surface area contributed by atoms with E-state index in [4.69, 9.17) is 15.6 Å². The summed E-state index contributed by atoms with van der Waals surface area (Å²) >= 11 is 0. The van der Waals surface area contributed by atoms with Crippen molar-refractivity contribution >= 4 is 18.0 Å². The fourth-order valence-corrected chi connectivity index (χ4v) is 1.65. The molecule has 23 heavy (non-hydrogen) atoms. The van der Waals surface area contributed by atoms with Crippen molar-refractivity contribution in [3.05, 3.63) is 0 Å². The first kappa shape index (κ1) is 21.0. The van der Waals surface area contributed by atoms with E-state index in [1.165, 1.54) is 0 Å². The normalized spacial score (nSPS) is 13.3. The molecule has 0 aliphatic heterocycles. The second-order valence-electron chi connectivity index (χ2n) is 6.23. The minimum absolute atomic E-state index is 0.250. The molecule has 0 fully saturated rings. The van der Waals surface area contributed by atoms with Crippen LogP contribution in [0.15, 0.2) is 4.99 Å². The minimum Gasteiger partial charge on any atom is -0.480 e. The quantitative estimate of drug-likeness (QED) is 0.288. The van der Waals surface area contributed by atoms with Crippen LogP contribution >= 0.6 is 0 Å². The summed E-state index contributed by atoms with van der Waals surface area (Å²) in [6.45, 7) is 8.38. The number of carbonyl (C=O) groups is 2. The average molecular weight is 330 g/mol. The molecule has 5 N–H and O–H groups in total. The summed E-state index contributed by atoms with van der Waals surface area (Å²) in [5.74, 6) is -0.751. The van der Waals surface area contributed by atoms with Crippen LogP contribution in [0.3, 0.4) is 0 Å². The van der Waals surface area contributed by atoms with E-state index in [1.807, 2.05) is 0 Å². The smallest absolute Gasteiger partial charge is 0.408 e. The van der Waals surface area contributed by atoms with Gasteiger partial charge in [-0.15, -0.1) is 0 Å². The Labute approximate surface area is 137 Å². The molecule has 0 aromatic carbocycles. The fraction of sp³-hybridized carbons (Fsp3) is 0.800. The number of aliphatic carboxylic acids is 1. The van der Waals surface area contributed by atoms with Crippen molar-refractivity contribution in [2.45, 2.75) is 65.0 Å². The molecule has 0 bridgehead atoms. The van der Waals surface area contributed by atoms with E-state index in [2.05, 4.69) is 22.5 Å². The third kappa shape index (κ3) is 12.3. The van der Waals surface area contributed by atoms with Gasteiger partial charge in [0.05, 0.1) is 0 Å². The molecule has 8 nitrogen and oxygen atoms in total. The van der Waals surface area contributed by atoms with E-state index >= 15 is 0 Å². The van der Waals surface area contributed by atoms with E-state index in [0.29, 0.717) is 18.9 Å². The van der Waals surface area contributed by atoms with Gasteiger partial charge in [0, 0.05) is 13.1 Å².